The maximum Gasteiger partial charge on any atom is 0.266 e. The summed E-state index contributed by atoms with van der Waals surface area (Å²) in [6, 6.07) is 13.2. The van der Waals surface area contributed by atoms with Crippen LogP contribution in [0.4, 0.5) is 0 Å². The summed E-state index contributed by atoms with van der Waals surface area (Å²) in [6.45, 7) is 3.75. The van der Waals surface area contributed by atoms with Crippen molar-refractivity contribution in [2.24, 2.45) is 0 Å². The van der Waals surface area contributed by atoms with Crippen molar-refractivity contribution in [1.82, 2.24) is 9.55 Å². The van der Waals surface area contributed by atoms with E-state index in [1.54, 1.807) is 11.7 Å². The molecule has 0 radical (unpaired) electrons. The van der Waals surface area contributed by atoms with Crippen molar-refractivity contribution in [3.05, 3.63) is 64.2 Å². The van der Waals surface area contributed by atoms with E-state index in [1.807, 2.05) is 56.3 Å². The first-order valence-electron chi connectivity index (χ1n) is 6.76. The van der Waals surface area contributed by atoms with Crippen molar-refractivity contribution >= 4 is 10.9 Å². The van der Waals surface area contributed by atoms with Gasteiger partial charge in [-0.05, 0) is 37.6 Å². The molecule has 0 amide bonds. The largest absolute Gasteiger partial charge is 0.495 e. The van der Waals surface area contributed by atoms with E-state index in [1.165, 1.54) is 0 Å². The molecular formula is C17H16N2O2. The van der Waals surface area contributed by atoms with Crippen LogP contribution in [0.1, 0.15) is 11.4 Å². The summed E-state index contributed by atoms with van der Waals surface area (Å²) in [5.74, 6) is 1.29. The lowest BCUT2D eigenvalue weighted by Crippen LogP contribution is -2.23. The van der Waals surface area contributed by atoms with Gasteiger partial charge in [-0.3, -0.25) is 9.36 Å². The normalized spacial score (nSPS) is 10.8. The molecule has 0 saturated heterocycles. The number of hydrogen-bond acceptors (Lipinski definition) is 3. The van der Waals surface area contributed by atoms with Gasteiger partial charge in [-0.2, -0.15) is 0 Å². The topological polar surface area (TPSA) is 44.1 Å². The molecule has 4 heteroatoms. The standard InChI is InChI=1S/C17H16N2O2/c1-11-7-6-8-13-16(11)17(20)19(12(2)18-13)14-9-4-5-10-15(14)21-3/h4-10H,1-3H3. The Kier molecular flexibility index (Phi) is 3.22. The van der Waals surface area contributed by atoms with Crippen LogP contribution in [0.2, 0.25) is 0 Å². The van der Waals surface area contributed by atoms with Gasteiger partial charge >= 0.3 is 0 Å². The number of para-hydroxylation sites is 2. The molecule has 4 nitrogen and oxygen atoms in total. The zero-order chi connectivity index (χ0) is 15.0. The molecule has 0 spiro atoms. The van der Waals surface area contributed by atoms with Gasteiger partial charge in [0, 0.05) is 0 Å². The summed E-state index contributed by atoms with van der Waals surface area (Å²) in [6.07, 6.45) is 0. The molecule has 2 aromatic carbocycles. The van der Waals surface area contributed by atoms with Crippen LogP contribution >= 0.6 is 0 Å². The molecule has 0 atom stereocenters. The molecule has 0 aliphatic carbocycles. The molecule has 0 aliphatic rings. The molecule has 1 heterocycles. The highest BCUT2D eigenvalue weighted by molar-refractivity contribution is 5.81. The lowest BCUT2D eigenvalue weighted by Gasteiger charge is -2.14. The van der Waals surface area contributed by atoms with Crippen molar-refractivity contribution in [2.45, 2.75) is 13.8 Å². The van der Waals surface area contributed by atoms with Gasteiger partial charge in [-0.25, -0.2) is 4.98 Å². The Bertz CT molecular complexity index is 882. The van der Waals surface area contributed by atoms with Gasteiger partial charge in [-0.1, -0.05) is 24.3 Å². The minimum Gasteiger partial charge on any atom is -0.495 e. The number of hydrogen-bond donors (Lipinski definition) is 0. The first kappa shape index (κ1) is 13.4. The molecule has 3 aromatic rings. The Morgan fingerprint density at radius 3 is 2.57 bits per heavy atom. The first-order chi connectivity index (χ1) is 10.1. The Balaban J connectivity index is 2.44. The summed E-state index contributed by atoms with van der Waals surface area (Å²) in [5.41, 5.74) is 2.29. The fourth-order valence-corrected chi connectivity index (χ4v) is 2.60. The minimum atomic E-state index is -0.0694. The zero-order valence-electron chi connectivity index (χ0n) is 12.3. The molecule has 0 saturated carbocycles. The van der Waals surface area contributed by atoms with Gasteiger partial charge in [0.1, 0.15) is 11.6 Å². The fraction of sp³-hybridized carbons (Fsp3) is 0.176. The molecule has 0 bridgehead atoms. The zero-order valence-corrected chi connectivity index (χ0v) is 12.3. The maximum atomic E-state index is 12.9. The fourth-order valence-electron chi connectivity index (χ4n) is 2.60. The molecule has 0 aliphatic heterocycles. The van der Waals surface area contributed by atoms with E-state index in [2.05, 4.69) is 4.98 Å². The Morgan fingerprint density at radius 2 is 1.81 bits per heavy atom. The third-order valence-corrected chi connectivity index (χ3v) is 3.60. The summed E-state index contributed by atoms with van der Waals surface area (Å²) in [4.78, 5) is 17.5. The lowest BCUT2D eigenvalue weighted by molar-refractivity contribution is 0.412. The molecule has 0 N–H and O–H groups in total. The van der Waals surface area contributed by atoms with Crippen molar-refractivity contribution in [1.29, 1.82) is 0 Å². The van der Waals surface area contributed by atoms with Crippen LogP contribution in [0.15, 0.2) is 47.3 Å². The summed E-state index contributed by atoms with van der Waals surface area (Å²) >= 11 is 0. The van der Waals surface area contributed by atoms with Crippen molar-refractivity contribution in [2.75, 3.05) is 7.11 Å². The van der Waals surface area contributed by atoms with Crippen molar-refractivity contribution in [3.63, 3.8) is 0 Å². The predicted octanol–water partition coefficient (Wildman–Crippen LogP) is 3.01. The van der Waals surface area contributed by atoms with Crippen molar-refractivity contribution < 1.29 is 4.74 Å². The Labute approximate surface area is 122 Å². The number of fused-ring (bicyclic) bond motifs is 1. The highest BCUT2D eigenvalue weighted by Gasteiger charge is 2.14. The van der Waals surface area contributed by atoms with Crippen molar-refractivity contribution in [3.8, 4) is 11.4 Å². The number of ether oxygens (including phenoxy) is 1. The van der Waals surface area contributed by atoms with Crippen LogP contribution in [0, 0.1) is 13.8 Å². The van der Waals surface area contributed by atoms with Crippen LogP contribution in [0.5, 0.6) is 5.75 Å². The number of nitrogens with zero attached hydrogens (tertiary/aromatic N) is 2. The van der Waals surface area contributed by atoms with Crippen LogP contribution in [0.3, 0.4) is 0 Å². The number of rotatable bonds is 2. The van der Waals surface area contributed by atoms with Crippen LogP contribution in [-0.4, -0.2) is 16.7 Å². The van der Waals surface area contributed by atoms with Crippen LogP contribution in [-0.2, 0) is 0 Å². The van der Waals surface area contributed by atoms with Gasteiger partial charge < -0.3 is 4.74 Å². The first-order valence-corrected chi connectivity index (χ1v) is 6.76. The quantitative estimate of drug-likeness (QED) is 0.724. The second-order valence-corrected chi connectivity index (χ2v) is 4.94. The predicted molar refractivity (Wildman–Crippen MR) is 83.4 cm³/mol. The minimum absolute atomic E-state index is 0.0694. The van der Waals surface area contributed by atoms with E-state index in [0.29, 0.717) is 22.6 Å². The summed E-state index contributed by atoms with van der Waals surface area (Å²) in [5, 5.41) is 0.647. The highest BCUT2D eigenvalue weighted by Crippen LogP contribution is 2.23. The monoisotopic (exact) mass is 280 g/mol. The van der Waals surface area contributed by atoms with Gasteiger partial charge in [-0.15, -0.1) is 0 Å². The second kappa shape index (κ2) is 5.05. The third kappa shape index (κ3) is 2.09. The van der Waals surface area contributed by atoms with Crippen LogP contribution in [0.25, 0.3) is 16.6 Å². The van der Waals surface area contributed by atoms with E-state index < -0.39 is 0 Å². The lowest BCUT2D eigenvalue weighted by atomic mass is 10.1. The van der Waals surface area contributed by atoms with E-state index in [0.717, 1.165) is 11.1 Å². The van der Waals surface area contributed by atoms with Gasteiger partial charge in [0.05, 0.1) is 23.7 Å². The molecule has 0 unspecified atom stereocenters. The second-order valence-electron chi connectivity index (χ2n) is 4.94. The van der Waals surface area contributed by atoms with E-state index in [-0.39, 0.29) is 5.56 Å². The Hall–Kier alpha value is -2.62. The molecule has 0 fully saturated rings. The molecule has 106 valence electrons. The van der Waals surface area contributed by atoms with Gasteiger partial charge in [0.25, 0.3) is 5.56 Å². The number of methoxy groups -OCH3 is 1. The SMILES string of the molecule is COc1ccccc1-n1c(C)nc2cccc(C)c2c1=O. The number of aromatic nitrogens is 2. The summed E-state index contributed by atoms with van der Waals surface area (Å²) in [7, 11) is 1.60. The van der Waals surface area contributed by atoms with Gasteiger partial charge in [0.2, 0.25) is 0 Å². The van der Waals surface area contributed by atoms with E-state index >= 15 is 0 Å². The average Bonchev–Trinajstić information content (AvgIpc) is 2.47. The van der Waals surface area contributed by atoms with Gasteiger partial charge in [0.15, 0.2) is 0 Å². The Morgan fingerprint density at radius 1 is 1.05 bits per heavy atom. The number of aryl methyl sites for hydroxylation is 2. The molecule has 3 rings (SSSR count). The van der Waals surface area contributed by atoms with E-state index in [4.69, 9.17) is 4.74 Å². The third-order valence-electron chi connectivity index (χ3n) is 3.60. The van der Waals surface area contributed by atoms with E-state index in [9.17, 15) is 4.79 Å². The average molecular weight is 280 g/mol. The molecular weight excluding hydrogens is 264 g/mol. The van der Waals surface area contributed by atoms with Crippen LogP contribution < -0.4 is 10.3 Å². The number of benzene rings is 2. The highest BCUT2D eigenvalue weighted by atomic mass is 16.5. The summed E-state index contributed by atoms with van der Waals surface area (Å²) < 4.78 is 6.97. The smallest absolute Gasteiger partial charge is 0.266 e. The molecule has 21 heavy (non-hydrogen) atoms. The molecule has 1 aromatic heterocycles. The maximum absolute atomic E-state index is 12.9.